The normalized spacial score (nSPS) is 11.6. The van der Waals surface area contributed by atoms with E-state index in [-0.39, 0.29) is 5.82 Å². The van der Waals surface area contributed by atoms with Crippen LogP contribution >= 0.6 is 0 Å². The first kappa shape index (κ1) is 22.8. The van der Waals surface area contributed by atoms with E-state index in [0.717, 1.165) is 56.6 Å². The largest absolute Gasteiger partial charge is 0.497 e. The van der Waals surface area contributed by atoms with Crippen LogP contribution in [0.2, 0.25) is 0 Å². The molecule has 0 unspecified atom stereocenters. The summed E-state index contributed by atoms with van der Waals surface area (Å²) >= 11 is 0. The van der Waals surface area contributed by atoms with Gasteiger partial charge in [0.05, 0.1) is 30.2 Å². The number of benzene rings is 1. The Morgan fingerprint density at radius 2 is 1.84 bits per heavy atom. The molecule has 2 N–H and O–H groups in total. The van der Waals surface area contributed by atoms with Gasteiger partial charge in [-0.1, -0.05) is 0 Å². The summed E-state index contributed by atoms with van der Waals surface area (Å²) in [5, 5.41) is 9.42. The third-order valence-corrected chi connectivity index (χ3v) is 6.24. The van der Waals surface area contributed by atoms with Gasteiger partial charge in [-0.15, -0.1) is 0 Å². The van der Waals surface area contributed by atoms with Gasteiger partial charge in [-0.3, -0.25) is 15.1 Å². The molecule has 0 aliphatic heterocycles. The predicted octanol–water partition coefficient (Wildman–Crippen LogP) is 5.44. The van der Waals surface area contributed by atoms with Crippen molar-refractivity contribution in [2.75, 3.05) is 21.2 Å². The van der Waals surface area contributed by atoms with Crippen LogP contribution in [0.5, 0.6) is 5.75 Å². The summed E-state index contributed by atoms with van der Waals surface area (Å²) in [4.78, 5) is 19.0. The zero-order valence-corrected chi connectivity index (χ0v) is 20.6. The zero-order chi connectivity index (χ0) is 25.5. The molecule has 0 fully saturated rings. The molecule has 0 spiro atoms. The van der Waals surface area contributed by atoms with Crippen LogP contribution in [0.1, 0.15) is 5.56 Å². The van der Waals surface area contributed by atoms with Gasteiger partial charge in [0.1, 0.15) is 22.9 Å². The second-order valence-corrected chi connectivity index (χ2v) is 9.19. The average Bonchev–Trinajstić information content (AvgIpc) is 3.51. The van der Waals surface area contributed by atoms with E-state index in [2.05, 4.69) is 41.1 Å². The van der Waals surface area contributed by atoms with Crippen molar-refractivity contribution >= 4 is 21.9 Å². The molecule has 0 aliphatic carbocycles. The zero-order valence-electron chi connectivity index (χ0n) is 20.6. The van der Waals surface area contributed by atoms with E-state index in [1.165, 1.54) is 19.2 Å². The molecular formula is C28H24FN7O. The van der Waals surface area contributed by atoms with Crippen LogP contribution in [-0.2, 0) is 6.54 Å². The lowest BCUT2D eigenvalue weighted by molar-refractivity contribution is 0.402. The van der Waals surface area contributed by atoms with Gasteiger partial charge in [0.15, 0.2) is 0 Å². The summed E-state index contributed by atoms with van der Waals surface area (Å²) < 4.78 is 19.5. The number of fused-ring (bicyclic) bond motifs is 2. The summed E-state index contributed by atoms with van der Waals surface area (Å²) in [5.41, 5.74) is 7.45. The molecule has 9 heteroatoms. The van der Waals surface area contributed by atoms with Crippen molar-refractivity contribution in [3.8, 4) is 39.5 Å². The number of rotatable bonds is 6. The van der Waals surface area contributed by atoms with Crippen molar-refractivity contribution in [2.24, 2.45) is 0 Å². The van der Waals surface area contributed by atoms with E-state index in [1.54, 1.807) is 12.4 Å². The number of halogens is 1. The molecule has 0 bridgehead atoms. The van der Waals surface area contributed by atoms with Crippen LogP contribution in [0.25, 0.3) is 55.7 Å². The van der Waals surface area contributed by atoms with Crippen molar-refractivity contribution in [3.05, 3.63) is 78.6 Å². The Balaban J connectivity index is 1.45. The summed E-state index contributed by atoms with van der Waals surface area (Å²) in [5.74, 6) is 0.0933. The molecule has 6 aromatic rings. The third-order valence-electron chi connectivity index (χ3n) is 6.24. The smallest absolute Gasteiger partial charge is 0.138 e. The number of pyridine rings is 3. The SMILES string of the molecule is COc1cc(F)cc(-c2ccnc3[nH]c(-c4n[nH]c5cnc(-c6cncc(CN(C)C)c6)cc45)cc23)c1. The monoisotopic (exact) mass is 493 g/mol. The quantitative estimate of drug-likeness (QED) is 0.321. The van der Waals surface area contributed by atoms with Gasteiger partial charge < -0.3 is 14.6 Å². The number of aromatic nitrogens is 6. The van der Waals surface area contributed by atoms with E-state index in [4.69, 9.17) is 4.74 Å². The summed E-state index contributed by atoms with van der Waals surface area (Å²) in [6, 6.07) is 12.6. The topological polar surface area (TPSA) is 95.6 Å². The molecule has 184 valence electrons. The molecule has 5 heterocycles. The van der Waals surface area contributed by atoms with E-state index >= 15 is 0 Å². The number of nitrogens with zero attached hydrogens (tertiary/aromatic N) is 5. The minimum absolute atomic E-state index is 0.363. The first-order valence-corrected chi connectivity index (χ1v) is 11.7. The standard InChI is InChI=1S/C28H24FN7O/c1-36(2)15-16-6-18(13-30-12-16)24-11-23-26(14-32-24)34-35-27(23)25-10-22-21(4-5-31-28(22)33-25)17-7-19(29)9-20(8-17)37-3/h4-14H,15H2,1-3H3,(H,31,33)(H,34,35). The van der Waals surface area contributed by atoms with E-state index in [9.17, 15) is 4.39 Å². The Kier molecular flexibility index (Phi) is 5.61. The molecule has 0 amide bonds. The number of nitrogens with one attached hydrogen (secondary N) is 2. The highest BCUT2D eigenvalue weighted by Crippen LogP contribution is 2.35. The Labute approximate surface area is 212 Å². The predicted molar refractivity (Wildman–Crippen MR) is 142 cm³/mol. The van der Waals surface area contributed by atoms with Crippen molar-refractivity contribution in [1.82, 2.24) is 35.0 Å². The van der Waals surface area contributed by atoms with E-state index < -0.39 is 0 Å². The van der Waals surface area contributed by atoms with E-state index in [0.29, 0.717) is 17.0 Å². The van der Waals surface area contributed by atoms with Gasteiger partial charge in [-0.25, -0.2) is 9.37 Å². The molecule has 6 rings (SSSR count). The maximum atomic E-state index is 14.2. The van der Waals surface area contributed by atoms with Gasteiger partial charge in [-0.2, -0.15) is 5.10 Å². The Morgan fingerprint density at radius 1 is 0.946 bits per heavy atom. The number of H-pyrrole nitrogens is 2. The first-order valence-electron chi connectivity index (χ1n) is 11.7. The number of hydrogen-bond acceptors (Lipinski definition) is 6. The van der Waals surface area contributed by atoms with Crippen LogP contribution in [-0.4, -0.2) is 56.2 Å². The summed E-state index contributed by atoms with van der Waals surface area (Å²) in [7, 11) is 5.58. The van der Waals surface area contributed by atoms with Gasteiger partial charge in [-0.05, 0) is 67.2 Å². The highest BCUT2D eigenvalue weighted by atomic mass is 19.1. The van der Waals surface area contributed by atoms with Crippen molar-refractivity contribution in [2.45, 2.75) is 6.54 Å². The lowest BCUT2D eigenvalue weighted by Gasteiger charge is -2.10. The highest BCUT2D eigenvalue weighted by molar-refractivity contribution is 6.00. The minimum Gasteiger partial charge on any atom is -0.497 e. The summed E-state index contributed by atoms with van der Waals surface area (Å²) in [6.07, 6.45) is 7.17. The maximum Gasteiger partial charge on any atom is 0.138 e. The fourth-order valence-electron chi connectivity index (χ4n) is 4.60. The number of aromatic amines is 2. The Morgan fingerprint density at radius 3 is 2.68 bits per heavy atom. The van der Waals surface area contributed by atoms with Gasteiger partial charge in [0.2, 0.25) is 0 Å². The number of ether oxygens (including phenoxy) is 1. The minimum atomic E-state index is -0.363. The van der Waals surface area contributed by atoms with Crippen LogP contribution in [0.3, 0.4) is 0 Å². The van der Waals surface area contributed by atoms with Gasteiger partial charge >= 0.3 is 0 Å². The number of methoxy groups -OCH3 is 1. The van der Waals surface area contributed by atoms with Gasteiger partial charge in [0, 0.05) is 47.5 Å². The maximum absolute atomic E-state index is 14.2. The molecule has 0 atom stereocenters. The lowest BCUT2D eigenvalue weighted by atomic mass is 10.0. The van der Waals surface area contributed by atoms with Crippen molar-refractivity contribution in [3.63, 3.8) is 0 Å². The molecule has 0 radical (unpaired) electrons. The molecular weight excluding hydrogens is 469 g/mol. The van der Waals surface area contributed by atoms with Crippen molar-refractivity contribution in [1.29, 1.82) is 0 Å². The molecule has 0 saturated carbocycles. The van der Waals surface area contributed by atoms with Crippen LogP contribution < -0.4 is 4.74 Å². The third kappa shape index (κ3) is 4.30. The molecule has 5 aromatic heterocycles. The van der Waals surface area contributed by atoms with E-state index in [1.807, 2.05) is 50.8 Å². The highest BCUT2D eigenvalue weighted by Gasteiger charge is 2.16. The second-order valence-electron chi connectivity index (χ2n) is 9.19. The summed E-state index contributed by atoms with van der Waals surface area (Å²) in [6.45, 7) is 0.793. The molecule has 0 saturated heterocycles. The van der Waals surface area contributed by atoms with Gasteiger partial charge in [0.25, 0.3) is 0 Å². The fraction of sp³-hybridized carbons (Fsp3) is 0.143. The second kappa shape index (κ2) is 9.11. The fourth-order valence-corrected chi connectivity index (χ4v) is 4.60. The average molecular weight is 494 g/mol. The first-order chi connectivity index (χ1) is 18.0. The Hall–Kier alpha value is -4.63. The number of hydrogen-bond donors (Lipinski definition) is 2. The van der Waals surface area contributed by atoms with Crippen LogP contribution in [0, 0.1) is 5.82 Å². The lowest BCUT2D eigenvalue weighted by Crippen LogP contribution is -2.10. The Bertz CT molecular complexity index is 1760. The molecule has 1 aromatic carbocycles. The van der Waals surface area contributed by atoms with Crippen LogP contribution in [0.4, 0.5) is 4.39 Å². The molecule has 37 heavy (non-hydrogen) atoms. The van der Waals surface area contributed by atoms with Crippen molar-refractivity contribution < 1.29 is 9.13 Å². The molecule has 0 aliphatic rings. The van der Waals surface area contributed by atoms with Crippen LogP contribution in [0.15, 0.2) is 67.3 Å². The molecule has 8 nitrogen and oxygen atoms in total.